The van der Waals surface area contributed by atoms with E-state index in [9.17, 15) is 19.5 Å². The Balaban J connectivity index is 1.31. The van der Waals surface area contributed by atoms with E-state index in [0.29, 0.717) is 36.8 Å². The molecule has 1 N–H and O–H groups in total. The lowest BCUT2D eigenvalue weighted by Crippen LogP contribution is -2.44. The zero-order valence-corrected chi connectivity index (χ0v) is 24.3. The Morgan fingerprint density at radius 2 is 1.69 bits per heavy atom. The van der Waals surface area contributed by atoms with Crippen LogP contribution in [0.2, 0.25) is 0 Å². The molecule has 3 fully saturated rings. The van der Waals surface area contributed by atoms with E-state index in [1.54, 1.807) is 23.2 Å². The molecule has 0 radical (unpaired) electrons. The summed E-state index contributed by atoms with van der Waals surface area (Å²) >= 11 is 0.833. The van der Waals surface area contributed by atoms with Gasteiger partial charge in [0.2, 0.25) is 16.9 Å². The molecule has 220 valence electrons. The second-order valence-corrected chi connectivity index (χ2v) is 12.5. The number of carbonyl (C=O) groups is 3. The van der Waals surface area contributed by atoms with Crippen molar-refractivity contribution in [1.82, 2.24) is 9.97 Å². The van der Waals surface area contributed by atoms with Crippen molar-refractivity contribution in [2.75, 3.05) is 22.9 Å². The third-order valence-corrected chi connectivity index (χ3v) is 9.93. The van der Waals surface area contributed by atoms with E-state index in [2.05, 4.69) is 9.97 Å². The number of carboxylic acids is 1. The molecule has 3 aliphatic rings. The van der Waals surface area contributed by atoms with Gasteiger partial charge in [-0.05, 0) is 48.8 Å². The van der Waals surface area contributed by atoms with Crippen LogP contribution in [0.4, 0.5) is 15.3 Å². The number of aliphatic carboxylic acids is 1. The van der Waals surface area contributed by atoms with Gasteiger partial charge in [-0.25, -0.2) is 9.97 Å². The van der Waals surface area contributed by atoms with Gasteiger partial charge < -0.3 is 5.11 Å². The molecule has 2 aromatic heterocycles. The number of hydrogen-bond donors (Lipinski definition) is 1. The predicted molar refractivity (Wildman–Crippen MR) is 160 cm³/mol. The summed E-state index contributed by atoms with van der Waals surface area (Å²) in [5.41, 5.74) is 2.23. The Hall–Kier alpha value is -3.66. The van der Waals surface area contributed by atoms with Crippen molar-refractivity contribution in [3.8, 4) is 22.4 Å². The predicted octanol–water partition coefficient (Wildman–Crippen LogP) is 6.55. The molecule has 2 saturated heterocycles. The van der Waals surface area contributed by atoms with E-state index in [4.69, 9.17) is 0 Å². The second-order valence-electron chi connectivity index (χ2n) is 11.6. The molecule has 3 aromatic rings. The molecule has 4 heterocycles. The molecule has 2 atom stereocenters. The Kier molecular flexibility index (Phi) is 8.33. The van der Waals surface area contributed by atoms with Crippen LogP contribution in [-0.2, 0) is 14.4 Å². The van der Waals surface area contributed by atoms with Crippen LogP contribution in [0.3, 0.4) is 0 Å². The minimum Gasteiger partial charge on any atom is -0.481 e. The molecule has 42 heavy (non-hydrogen) atoms. The molecule has 1 saturated carbocycles. The summed E-state index contributed by atoms with van der Waals surface area (Å²) in [6, 6.07) is 11.0. The van der Waals surface area contributed by atoms with E-state index < -0.39 is 17.0 Å². The van der Waals surface area contributed by atoms with E-state index in [-0.39, 0.29) is 35.0 Å². The fourth-order valence-electron chi connectivity index (χ4n) is 7.02. The molecule has 0 spiro atoms. The molecular weight excluding hydrogens is 555 g/mol. The number of carbonyl (C=O) groups excluding carboxylic acids is 2. The van der Waals surface area contributed by atoms with Gasteiger partial charge in [-0.3, -0.25) is 24.2 Å². The van der Waals surface area contributed by atoms with E-state index >= 15 is 4.39 Å². The standard InChI is InChI=1S/C32H35FN4O4S/c33-30-29(24-12-4-3-10-23(24)21-14-15-26(34-19-21)36-17-7-13-27(36)38)35-32(42-30)37-16-6-5-11-22(20-8-1-2-9-20)25(31(37)41)18-28(39)40/h3-4,10,12,14-15,19-20,22,25H,1-2,5-9,11,13,16-18H2,(H,39,40)/t22-,25+/m1/s1. The molecule has 2 amide bonds. The van der Waals surface area contributed by atoms with Crippen LogP contribution in [0.5, 0.6) is 0 Å². The fourth-order valence-corrected chi connectivity index (χ4v) is 7.86. The van der Waals surface area contributed by atoms with Crippen molar-refractivity contribution >= 4 is 40.1 Å². The topological polar surface area (TPSA) is 104 Å². The highest BCUT2D eigenvalue weighted by molar-refractivity contribution is 7.14. The maximum atomic E-state index is 15.7. The van der Waals surface area contributed by atoms with Crippen LogP contribution in [-0.4, -0.2) is 45.9 Å². The summed E-state index contributed by atoms with van der Waals surface area (Å²) in [6.07, 6.45) is 9.63. The number of carboxylic acid groups (broad SMARTS) is 1. The number of benzene rings is 1. The molecule has 1 aromatic carbocycles. The highest BCUT2D eigenvalue weighted by atomic mass is 32.1. The normalized spacial score (nSPS) is 22.0. The van der Waals surface area contributed by atoms with Crippen molar-refractivity contribution in [3.05, 3.63) is 47.7 Å². The number of pyridine rings is 1. The second kappa shape index (κ2) is 12.3. The number of nitrogens with zero attached hydrogens (tertiary/aromatic N) is 4. The van der Waals surface area contributed by atoms with Crippen molar-refractivity contribution in [2.45, 2.75) is 64.2 Å². The van der Waals surface area contributed by atoms with Gasteiger partial charge in [0.25, 0.3) is 0 Å². The van der Waals surface area contributed by atoms with Gasteiger partial charge in [0, 0.05) is 36.8 Å². The quantitative estimate of drug-likeness (QED) is 0.335. The minimum absolute atomic E-state index is 0.0234. The average molecular weight is 591 g/mol. The molecule has 6 rings (SSSR count). The van der Waals surface area contributed by atoms with Gasteiger partial charge in [-0.2, -0.15) is 4.39 Å². The van der Waals surface area contributed by atoms with Crippen LogP contribution in [0.1, 0.15) is 64.2 Å². The van der Waals surface area contributed by atoms with Crippen LogP contribution < -0.4 is 9.80 Å². The zero-order valence-electron chi connectivity index (χ0n) is 23.5. The Bertz CT molecular complexity index is 1470. The lowest BCUT2D eigenvalue weighted by atomic mass is 9.74. The molecule has 2 aliphatic heterocycles. The van der Waals surface area contributed by atoms with E-state index in [1.807, 2.05) is 24.3 Å². The molecule has 1 aliphatic carbocycles. The zero-order chi connectivity index (χ0) is 29.2. The van der Waals surface area contributed by atoms with Crippen molar-refractivity contribution < 1.29 is 23.9 Å². The van der Waals surface area contributed by atoms with E-state index in [0.717, 1.165) is 73.8 Å². The number of anilines is 2. The smallest absolute Gasteiger partial charge is 0.304 e. The summed E-state index contributed by atoms with van der Waals surface area (Å²) < 4.78 is 15.7. The molecule has 8 nitrogen and oxygen atoms in total. The van der Waals surface area contributed by atoms with Gasteiger partial charge in [-0.1, -0.05) is 67.7 Å². The maximum Gasteiger partial charge on any atom is 0.304 e. The Morgan fingerprint density at radius 1 is 0.952 bits per heavy atom. The molecule has 0 bridgehead atoms. The number of rotatable bonds is 7. The lowest BCUT2D eigenvalue weighted by molar-refractivity contribution is -0.142. The van der Waals surface area contributed by atoms with Crippen LogP contribution in [0.15, 0.2) is 42.6 Å². The summed E-state index contributed by atoms with van der Waals surface area (Å²) in [6.45, 7) is 1.04. The first kappa shape index (κ1) is 28.5. The van der Waals surface area contributed by atoms with Crippen LogP contribution in [0, 0.1) is 22.9 Å². The number of thiazole rings is 1. The largest absolute Gasteiger partial charge is 0.481 e. The van der Waals surface area contributed by atoms with Gasteiger partial charge in [0.05, 0.1) is 12.3 Å². The van der Waals surface area contributed by atoms with Crippen LogP contribution in [0.25, 0.3) is 22.4 Å². The SMILES string of the molecule is O=C(O)C[C@@H]1C(=O)N(c2nc(-c3ccccc3-c3ccc(N4CCCC4=O)nc3)c(F)s2)CCCC[C@@H]1C1CCCC1. The third kappa shape index (κ3) is 5.69. The summed E-state index contributed by atoms with van der Waals surface area (Å²) in [5, 5.41) is 9.49. The maximum absolute atomic E-state index is 15.7. The first-order valence-electron chi connectivity index (χ1n) is 15.0. The number of amides is 2. The van der Waals surface area contributed by atoms with Gasteiger partial charge in [0.1, 0.15) is 11.5 Å². The minimum atomic E-state index is -0.981. The Morgan fingerprint density at radius 3 is 2.38 bits per heavy atom. The Labute approximate surface area is 248 Å². The van der Waals surface area contributed by atoms with E-state index in [1.165, 1.54) is 4.90 Å². The lowest BCUT2D eigenvalue weighted by Gasteiger charge is -2.35. The molecule has 10 heteroatoms. The van der Waals surface area contributed by atoms with Gasteiger partial charge >= 0.3 is 5.97 Å². The summed E-state index contributed by atoms with van der Waals surface area (Å²) in [7, 11) is 0. The average Bonchev–Trinajstić information content (AvgIpc) is 3.75. The monoisotopic (exact) mass is 590 g/mol. The number of hydrogen-bond acceptors (Lipinski definition) is 6. The van der Waals surface area contributed by atoms with Crippen LogP contribution >= 0.6 is 11.3 Å². The summed E-state index contributed by atoms with van der Waals surface area (Å²) in [5.74, 6) is -0.826. The molecular formula is C32H35FN4O4S. The highest BCUT2D eigenvalue weighted by Gasteiger charge is 2.40. The number of aromatic nitrogens is 2. The fraction of sp³-hybridized carbons (Fsp3) is 0.469. The first-order chi connectivity index (χ1) is 20.4. The van der Waals surface area contributed by atoms with Gasteiger partial charge in [0.15, 0.2) is 5.13 Å². The number of halogens is 1. The molecule has 0 unspecified atom stereocenters. The highest BCUT2D eigenvalue weighted by Crippen LogP contribution is 2.43. The van der Waals surface area contributed by atoms with Crippen molar-refractivity contribution in [3.63, 3.8) is 0 Å². The third-order valence-electron chi connectivity index (χ3n) is 9.07. The first-order valence-corrected chi connectivity index (χ1v) is 15.8. The van der Waals surface area contributed by atoms with Crippen molar-refractivity contribution in [2.24, 2.45) is 17.8 Å². The van der Waals surface area contributed by atoms with Gasteiger partial charge in [-0.15, -0.1) is 0 Å². The summed E-state index contributed by atoms with van der Waals surface area (Å²) in [4.78, 5) is 50.4. The van der Waals surface area contributed by atoms with Crippen molar-refractivity contribution in [1.29, 1.82) is 0 Å².